The fraction of sp³-hybridized carbons (Fsp3) is 0.478. The van der Waals surface area contributed by atoms with E-state index < -0.39 is 0 Å². The van der Waals surface area contributed by atoms with Gasteiger partial charge in [-0.1, -0.05) is 25.0 Å². The fourth-order valence-electron chi connectivity index (χ4n) is 3.82. The summed E-state index contributed by atoms with van der Waals surface area (Å²) in [4.78, 5) is 11.3. The molecule has 0 radical (unpaired) electrons. The van der Waals surface area contributed by atoms with E-state index >= 15 is 0 Å². The van der Waals surface area contributed by atoms with Gasteiger partial charge >= 0.3 is 0 Å². The van der Waals surface area contributed by atoms with Crippen molar-refractivity contribution >= 4 is 11.8 Å². The number of aromatic nitrogens is 1. The summed E-state index contributed by atoms with van der Waals surface area (Å²) in [6.07, 6.45) is 6.98. The molecule has 7 nitrogen and oxygen atoms in total. The average Bonchev–Trinajstić information content (AvgIpc) is 3.09. The number of guanidine groups is 1. The highest BCUT2D eigenvalue weighted by Gasteiger charge is 2.20. The van der Waals surface area contributed by atoms with Gasteiger partial charge in [-0.05, 0) is 42.7 Å². The summed E-state index contributed by atoms with van der Waals surface area (Å²) in [5.41, 5.74) is 1.19. The number of hydrogen-bond donors (Lipinski definition) is 2. The number of aliphatic imine (C=N–C) groups is 1. The third-order valence-corrected chi connectivity index (χ3v) is 5.49. The summed E-state index contributed by atoms with van der Waals surface area (Å²) in [7, 11) is 1.78. The minimum Gasteiger partial charge on any atom is -0.486 e. The molecule has 0 amide bonds. The maximum atomic E-state index is 6.00. The van der Waals surface area contributed by atoms with Crippen LogP contribution in [0.2, 0.25) is 0 Å². The zero-order valence-corrected chi connectivity index (χ0v) is 17.6. The Hall–Kier alpha value is -2.96. The molecule has 30 heavy (non-hydrogen) atoms. The number of benzene rings is 1. The number of nitrogens with one attached hydrogen (secondary N) is 2. The van der Waals surface area contributed by atoms with Crippen LogP contribution in [-0.2, 0) is 6.54 Å². The predicted octanol–water partition coefficient (Wildman–Crippen LogP) is 2.97. The highest BCUT2D eigenvalue weighted by atomic mass is 16.6. The van der Waals surface area contributed by atoms with E-state index in [9.17, 15) is 0 Å². The Bertz CT molecular complexity index is 849. The highest BCUT2D eigenvalue weighted by molar-refractivity contribution is 5.79. The second-order valence-electron chi connectivity index (χ2n) is 7.73. The first-order valence-corrected chi connectivity index (χ1v) is 10.8. The number of ether oxygens (including phenoxy) is 2. The molecule has 4 rings (SSSR count). The lowest BCUT2D eigenvalue weighted by atomic mass is 10.2. The first kappa shape index (κ1) is 20.3. The smallest absolute Gasteiger partial charge is 0.191 e. The minimum atomic E-state index is -0.0611. The standard InChI is InChI=1S/C23H31N5O2/c1-24-23(27-16-19-17-29-20-8-4-5-9-21(20)30-19)26-15-18-10-11-25-22(14-18)28-12-6-2-3-7-13-28/h4-5,8-11,14,19H,2-3,6-7,12-13,15-17H2,1H3,(H2,24,26,27). The fourth-order valence-corrected chi connectivity index (χ4v) is 3.82. The van der Waals surface area contributed by atoms with Crippen molar-refractivity contribution in [2.24, 2.45) is 4.99 Å². The number of pyridine rings is 1. The third kappa shape index (κ3) is 5.34. The van der Waals surface area contributed by atoms with Gasteiger partial charge in [0.2, 0.25) is 0 Å². The second-order valence-corrected chi connectivity index (χ2v) is 7.73. The molecule has 1 atom stereocenters. The van der Waals surface area contributed by atoms with Crippen LogP contribution in [0.5, 0.6) is 11.5 Å². The van der Waals surface area contributed by atoms with Crippen molar-refractivity contribution < 1.29 is 9.47 Å². The number of anilines is 1. The van der Waals surface area contributed by atoms with E-state index in [0.29, 0.717) is 19.7 Å². The minimum absolute atomic E-state index is 0.0611. The molecule has 2 N–H and O–H groups in total. The Kier molecular flexibility index (Phi) is 6.90. The Morgan fingerprint density at radius 3 is 2.70 bits per heavy atom. The van der Waals surface area contributed by atoms with Gasteiger partial charge < -0.3 is 25.0 Å². The zero-order valence-electron chi connectivity index (χ0n) is 17.6. The van der Waals surface area contributed by atoms with E-state index in [0.717, 1.165) is 36.4 Å². The maximum Gasteiger partial charge on any atom is 0.191 e. The molecule has 0 bridgehead atoms. The van der Waals surface area contributed by atoms with Gasteiger partial charge in [0.05, 0.1) is 6.54 Å². The largest absolute Gasteiger partial charge is 0.486 e. The van der Waals surface area contributed by atoms with Crippen LogP contribution in [0.15, 0.2) is 47.6 Å². The molecule has 2 aliphatic rings. The monoisotopic (exact) mass is 409 g/mol. The lowest BCUT2D eigenvalue weighted by molar-refractivity contribution is 0.0936. The number of fused-ring (bicyclic) bond motifs is 1. The van der Waals surface area contributed by atoms with Crippen molar-refractivity contribution in [3.63, 3.8) is 0 Å². The van der Waals surface area contributed by atoms with Crippen LogP contribution >= 0.6 is 0 Å². The van der Waals surface area contributed by atoms with E-state index in [1.54, 1.807) is 7.05 Å². The van der Waals surface area contributed by atoms with E-state index in [2.05, 4.69) is 37.6 Å². The molecule has 0 aliphatic carbocycles. The van der Waals surface area contributed by atoms with Gasteiger partial charge in [-0.3, -0.25) is 4.99 Å². The van der Waals surface area contributed by atoms with Crippen molar-refractivity contribution in [3.05, 3.63) is 48.2 Å². The van der Waals surface area contributed by atoms with Crippen molar-refractivity contribution in [2.45, 2.75) is 38.3 Å². The number of rotatable bonds is 5. The van der Waals surface area contributed by atoms with Gasteiger partial charge in [-0.2, -0.15) is 0 Å². The van der Waals surface area contributed by atoms with Crippen LogP contribution in [0.1, 0.15) is 31.2 Å². The van der Waals surface area contributed by atoms with Crippen molar-refractivity contribution in [3.8, 4) is 11.5 Å². The lowest BCUT2D eigenvalue weighted by Gasteiger charge is -2.27. The van der Waals surface area contributed by atoms with E-state index in [-0.39, 0.29) is 6.10 Å². The van der Waals surface area contributed by atoms with Crippen LogP contribution < -0.4 is 25.0 Å². The second kappa shape index (κ2) is 10.2. The molecule has 1 saturated heterocycles. The molecule has 3 heterocycles. The van der Waals surface area contributed by atoms with Gasteiger partial charge in [0.1, 0.15) is 18.5 Å². The molecule has 0 spiro atoms. The lowest BCUT2D eigenvalue weighted by Crippen LogP contribution is -2.45. The molecular weight excluding hydrogens is 378 g/mol. The number of hydrogen-bond acceptors (Lipinski definition) is 5. The molecule has 1 aromatic heterocycles. The quantitative estimate of drug-likeness (QED) is 0.584. The SMILES string of the molecule is CN=C(NCc1ccnc(N2CCCCCC2)c1)NCC1COc2ccccc2O1. The Balaban J connectivity index is 1.27. The summed E-state index contributed by atoms with van der Waals surface area (Å²) in [6, 6.07) is 12.0. The summed E-state index contributed by atoms with van der Waals surface area (Å²) in [5, 5.41) is 6.72. The van der Waals surface area contributed by atoms with E-state index in [1.165, 1.54) is 31.2 Å². The zero-order chi connectivity index (χ0) is 20.6. The summed E-state index contributed by atoms with van der Waals surface area (Å²) >= 11 is 0. The molecule has 0 saturated carbocycles. The molecule has 1 aromatic carbocycles. The maximum absolute atomic E-state index is 6.00. The summed E-state index contributed by atoms with van der Waals surface area (Å²) in [6.45, 7) is 4.02. The first-order valence-electron chi connectivity index (χ1n) is 10.8. The summed E-state index contributed by atoms with van der Waals surface area (Å²) in [5.74, 6) is 3.40. The average molecular weight is 410 g/mol. The molecular formula is C23H31N5O2. The van der Waals surface area contributed by atoms with Gasteiger partial charge in [0, 0.05) is 32.9 Å². The van der Waals surface area contributed by atoms with Crippen molar-refractivity contribution in [2.75, 3.05) is 38.2 Å². The molecule has 160 valence electrons. The molecule has 1 fully saturated rings. The first-order chi connectivity index (χ1) is 14.8. The van der Waals surface area contributed by atoms with Gasteiger partial charge in [-0.15, -0.1) is 0 Å². The molecule has 7 heteroatoms. The van der Waals surface area contributed by atoms with Crippen molar-refractivity contribution in [1.82, 2.24) is 15.6 Å². The topological polar surface area (TPSA) is 71.0 Å². The van der Waals surface area contributed by atoms with Gasteiger partial charge in [0.15, 0.2) is 17.5 Å². The summed E-state index contributed by atoms with van der Waals surface area (Å²) < 4.78 is 11.8. The third-order valence-electron chi connectivity index (χ3n) is 5.49. The Morgan fingerprint density at radius 2 is 1.90 bits per heavy atom. The number of nitrogens with zero attached hydrogens (tertiary/aromatic N) is 3. The van der Waals surface area contributed by atoms with Crippen LogP contribution in [0.25, 0.3) is 0 Å². The molecule has 2 aromatic rings. The van der Waals surface area contributed by atoms with Crippen LogP contribution in [0, 0.1) is 0 Å². The highest BCUT2D eigenvalue weighted by Crippen LogP contribution is 2.30. The van der Waals surface area contributed by atoms with Gasteiger partial charge in [0.25, 0.3) is 0 Å². The van der Waals surface area contributed by atoms with Crippen LogP contribution in [0.4, 0.5) is 5.82 Å². The van der Waals surface area contributed by atoms with E-state index in [4.69, 9.17) is 9.47 Å². The Morgan fingerprint density at radius 1 is 1.10 bits per heavy atom. The van der Waals surface area contributed by atoms with Crippen LogP contribution in [0.3, 0.4) is 0 Å². The Labute approximate surface area is 178 Å². The van der Waals surface area contributed by atoms with Crippen LogP contribution in [-0.4, -0.2) is 50.3 Å². The number of para-hydroxylation sites is 2. The van der Waals surface area contributed by atoms with E-state index in [1.807, 2.05) is 30.5 Å². The predicted molar refractivity (Wildman–Crippen MR) is 119 cm³/mol. The normalized spacial score (nSPS) is 19.2. The van der Waals surface area contributed by atoms with Crippen molar-refractivity contribution in [1.29, 1.82) is 0 Å². The molecule has 1 unspecified atom stereocenters. The molecule has 2 aliphatic heterocycles. The van der Waals surface area contributed by atoms with Gasteiger partial charge in [-0.25, -0.2) is 4.98 Å².